The number of hydrogen-bond acceptors (Lipinski definition) is 7. The number of esters is 2. The largest absolute Gasteiger partial charge is 0.472 e. The molecule has 0 saturated heterocycles. The van der Waals surface area contributed by atoms with E-state index < -0.39 is 32.5 Å². The Kier molecular flexibility index (Phi) is 45.2. The third kappa shape index (κ3) is 51.0. The van der Waals surface area contributed by atoms with Crippen molar-refractivity contribution in [2.45, 2.75) is 232 Å². The van der Waals surface area contributed by atoms with Crippen molar-refractivity contribution < 1.29 is 42.1 Å². The van der Waals surface area contributed by atoms with Crippen LogP contribution in [0.5, 0.6) is 0 Å². The highest BCUT2D eigenvalue weighted by atomic mass is 31.2. The average Bonchev–Trinajstić information content (AvgIpc) is 3.26. The summed E-state index contributed by atoms with van der Waals surface area (Å²) in [6, 6.07) is 0. The van der Waals surface area contributed by atoms with E-state index in [1.54, 1.807) is 0 Å². The maximum Gasteiger partial charge on any atom is 0.472 e. The molecule has 0 aliphatic heterocycles. The van der Waals surface area contributed by atoms with E-state index in [4.69, 9.17) is 18.5 Å². The van der Waals surface area contributed by atoms with Crippen LogP contribution in [0.2, 0.25) is 0 Å². The Bertz CT molecular complexity index is 1290. The fraction of sp³-hybridized carbons (Fsp3) is 0.782. The lowest BCUT2D eigenvalue weighted by molar-refractivity contribution is -0.870. The lowest BCUT2D eigenvalue weighted by atomic mass is 10.0. The minimum Gasteiger partial charge on any atom is -0.462 e. The van der Waals surface area contributed by atoms with Crippen LogP contribution >= 0.6 is 7.82 Å². The van der Waals surface area contributed by atoms with Gasteiger partial charge in [-0.1, -0.05) is 216 Å². The molecule has 65 heavy (non-hydrogen) atoms. The highest BCUT2D eigenvalue weighted by Gasteiger charge is 2.27. The number of unbranched alkanes of at least 4 members (excludes halogenated alkanes) is 24. The standard InChI is InChI=1S/C55H100NO8P/c1-6-8-10-12-14-16-18-20-22-24-26-27-28-30-32-34-36-38-40-42-44-46-48-55(58)64-53(52-63-65(59,60)62-50-49-56(3,4)5)51-61-54(57)47-45-43-41-39-37-35-33-31-29-25-23-21-19-17-15-13-11-9-7-2/h9,11,15,17,21,23,29,31,35,37,53H,6-8,10,12-14,16,18-20,22,24-28,30,32-34,36,38-52H2,1-5H3/p+1/b11-9+,17-15+,23-21+,31-29+,37-35+/t53-/m1/s1. The summed E-state index contributed by atoms with van der Waals surface area (Å²) >= 11 is 0. The van der Waals surface area contributed by atoms with Crippen LogP contribution in [0.3, 0.4) is 0 Å². The Labute approximate surface area is 400 Å². The molecule has 0 saturated carbocycles. The maximum atomic E-state index is 12.8. The van der Waals surface area contributed by atoms with E-state index in [9.17, 15) is 19.0 Å². The van der Waals surface area contributed by atoms with Crippen LogP contribution in [0.15, 0.2) is 60.8 Å². The number of phosphoric ester groups is 1. The molecule has 2 atom stereocenters. The smallest absolute Gasteiger partial charge is 0.462 e. The Morgan fingerprint density at radius 3 is 1.31 bits per heavy atom. The summed E-state index contributed by atoms with van der Waals surface area (Å²) in [4.78, 5) is 35.6. The molecule has 0 aliphatic carbocycles. The third-order valence-corrected chi connectivity index (χ3v) is 12.3. The summed E-state index contributed by atoms with van der Waals surface area (Å²) in [5.41, 5.74) is 0. The van der Waals surface area contributed by atoms with E-state index in [1.165, 1.54) is 122 Å². The van der Waals surface area contributed by atoms with Crippen molar-refractivity contribution in [3.8, 4) is 0 Å². The molecule has 0 aromatic heterocycles. The van der Waals surface area contributed by atoms with Gasteiger partial charge in [0.15, 0.2) is 6.10 Å². The van der Waals surface area contributed by atoms with Crippen LogP contribution < -0.4 is 0 Å². The predicted octanol–water partition coefficient (Wildman–Crippen LogP) is 16.0. The second-order valence-electron chi connectivity index (χ2n) is 18.9. The highest BCUT2D eigenvalue weighted by molar-refractivity contribution is 7.47. The monoisotopic (exact) mass is 935 g/mol. The number of allylic oxidation sites excluding steroid dienone is 10. The SMILES string of the molecule is CC/C=C/C/C=C/C/C=C/C/C=C/C/C=C/CCCCCC(=O)OC[C@H](COP(=O)(O)OCC[N+](C)(C)C)OC(=O)CCCCCCCCCCCCCCCCCCCCCCCC. The Balaban J connectivity index is 4.27. The number of quaternary nitrogens is 1. The first-order valence-corrected chi connectivity index (χ1v) is 28.0. The lowest BCUT2D eigenvalue weighted by Gasteiger charge is -2.24. The summed E-state index contributed by atoms with van der Waals surface area (Å²) in [6.45, 7) is 4.30. The lowest BCUT2D eigenvalue weighted by Crippen LogP contribution is -2.37. The molecule has 1 unspecified atom stereocenters. The zero-order valence-corrected chi connectivity index (χ0v) is 43.6. The van der Waals surface area contributed by atoms with Crippen molar-refractivity contribution >= 4 is 19.8 Å². The topological polar surface area (TPSA) is 108 Å². The van der Waals surface area contributed by atoms with Gasteiger partial charge < -0.3 is 18.9 Å². The van der Waals surface area contributed by atoms with Crippen molar-refractivity contribution in [1.82, 2.24) is 0 Å². The van der Waals surface area contributed by atoms with Gasteiger partial charge in [0.2, 0.25) is 0 Å². The molecule has 10 heteroatoms. The first-order chi connectivity index (χ1) is 31.5. The predicted molar refractivity (Wildman–Crippen MR) is 275 cm³/mol. The molecule has 0 aromatic rings. The molecule has 0 fully saturated rings. The van der Waals surface area contributed by atoms with E-state index in [0.29, 0.717) is 23.9 Å². The van der Waals surface area contributed by atoms with Gasteiger partial charge in [0.05, 0.1) is 27.7 Å². The number of carbonyl (C=O) groups is 2. The number of rotatable bonds is 48. The molecule has 0 amide bonds. The molecule has 0 heterocycles. The Hall–Kier alpha value is -2.29. The van der Waals surface area contributed by atoms with Gasteiger partial charge in [-0.25, -0.2) is 4.57 Å². The Morgan fingerprint density at radius 1 is 0.492 bits per heavy atom. The molecule has 0 aromatic carbocycles. The van der Waals surface area contributed by atoms with Crippen molar-refractivity contribution in [2.75, 3.05) is 47.5 Å². The van der Waals surface area contributed by atoms with Gasteiger partial charge in [0.1, 0.15) is 19.8 Å². The maximum absolute atomic E-state index is 12.8. The molecule has 378 valence electrons. The number of phosphoric acid groups is 1. The normalized spacial score (nSPS) is 13.9. The van der Waals surface area contributed by atoms with Gasteiger partial charge in [0.25, 0.3) is 0 Å². The van der Waals surface area contributed by atoms with Crippen LogP contribution in [0.1, 0.15) is 226 Å². The molecule has 0 radical (unpaired) electrons. The number of carbonyl (C=O) groups excluding carboxylic acids is 2. The molecule has 0 aliphatic rings. The van der Waals surface area contributed by atoms with Gasteiger partial charge >= 0.3 is 19.8 Å². The number of likely N-dealkylation sites (N-methyl/N-ethyl adjacent to an activating group) is 1. The van der Waals surface area contributed by atoms with Crippen molar-refractivity contribution in [1.29, 1.82) is 0 Å². The van der Waals surface area contributed by atoms with E-state index >= 15 is 0 Å². The van der Waals surface area contributed by atoms with Crippen molar-refractivity contribution in [3.05, 3.63) is 60.8 Å². The summed E-state index contributed by atoms with van der Waals surface area (Å²) in [6.07, 6.45) is 58.5. The van der Waals surface area contributed by atoms with E-state index in [1.807, 2.05) is 21.1 Å². The van der Waals surface area contributed by atoms with Crippen LogP contribution in [0.4, 0.5) is 0 Å². The van der Waals surface area contributed by atoms with E-state index in [0.717, 1.165) is 64.2 Å². The van der Waals surface area contributed by atoms with E-state index in [2.05, 4.69) is 74.6 Å². The zero-order chi connectivity index (χ0) is 47.8. The summed E-state index contributed by atoms with van der Waals surface area (Å²) in [5, 5.41) is 0. The fourth-order valence-corrected chi connectivity index (χ4v) is 7.96. The van der Waals surface area contributed by atoms with Crippen LogP contribution in [0.25, 0.3) is 0 Å². The molecule has 0 bridgehead atoms. The van der Waals surface area contributed by atoms with Crippen molar-refractivity contribution in [2.24, 2.45) is 0 Å². The number of nitrogens with zero attached hydrogens (tertiary/aromatic N) is 1. The fourth-order valence-electron chi connectivity index (χ4n) is 7.22. The molecule has 0 spiro atoms. The van der Waals surface area contributed by atoms with E-state index in [-0.39, 0.29) is 26.1 Å². The quantitative estimate of drug-likeness (QED) is 0.0211. The first kappa shape index (κ1) is 62.7. The van der Waals surface area contributed by atoms with Crippen LogP contribution in [-0.4, -0.2) is 74.9 Å². The second kappa shape index (κ2) is 46.8. The van der Waals surface area contributed by atoms with Gasteiger partial charge in [-0.3, -0.25) is 18.6 Å². The van der Waals surface area contributed by atoms with Crippen LogP contribution in [0, 0.1) is 0 Å². The molecular weight excluding hydrogens is 834 g/mol. The summed E-state index contributed by atoms with van der Waals surface area (Å²) in [5.74, 6) is -0.830. The minimum atomic E-state index is -4.39. The highest BCUT2D eigenvalue weighted by Crippen LogP contribution is 2.43. The average molecular weight is 935 g/mol. The second-order valence-corrected chi connectivity index (χ2v) is 20.3. The number of ether oxygens (including phenoxy) is 2. The molecule has 9 nitrogen and oxygen atoms in total. The van der Waals surface area contributed by atoms with Gasteiger partial charge in [-0.05, 0) is 57.8 Å². The third-order valence-electron chi connectivity index (χ3n) is 11.3. The zero-order valence-electron chi connectivity index (χ0n) is 42.7. The number of hydrogen-bond donors (Lipinski definition) is 1. The Morgan fingerprint density at radius 2 is 0.877 bits per heavy atom. The van der Waals surface area contributed by atoms with Gasteiger partial charge in [-0.2, -0.15) is 0 Å². The first-order valence-electron chi connectivity index (χ1n) is 26.5. The van der Waals surface area contributed by atoms with Crippen molar-refractivity contribution in [3.63, 3.8) is 0 Å². The van der Waals surface area contributed by atoms with Gasteiger partial charge in [0, 0.05) is 12.8 Å². The molecule has 0 rings (SSSR count). The minimum absolute atomic E-state index is 0.0251. The van der Waals surface area contributed by atoms with Gasteiger partial charge in [-0.15, -0.1) is 0 Å². The summed E-state index contributed by atoms with van der Waals surface area (Å²) < 4.78 is 34.5. The molecular formula is C55H101NO8P+. The van der Waals surface area contributed by atoms with Crippen LogP contribution in [-0.2, 0) is 32.7 Å². The summed E-state index contributed by atoms with van der Waals surface area (Å²) in [7, 11) is 1.46. The molecule has 1 N–H and O–H groups in total.